The Kier molecular flexibility index (Phi) is 5.72. The zero-order valence-electron chi connectivity index (χ0n) is 14.2. The number of nitrogens with one attached hydrogen (secondary N) is 1. The second kappa shape index (κ2) is 8.37. The number of rotatable bonds is 5. The molecule has 0 saturated carbocycles. The smallest absolute Gasteiger partial charge is 0.317 e. The Labute approximate surface area is 147 Å². The maximum Gasteiger partial charge on any atom is 0.317 e. The van der Waals surface area contributed by atoms with Crippen LogP contribution >= 0.6 is 0 Å². The fourth-order valence-corrected chi connectivity index (χ4v) is 2.91. The van der Waals surface area contributed by atoms with Gasteiger partial charge in [-0.2, -0.15) is 0 Å². The molecule has 2 aromatic rings. The van der Waals surface area contributed by atoms with Crippen LogP contribution in [-0.2, 0) is 6.42 Å². The number of benzene rings is 1. The lowest BCUT2D eigenvalue weighted by Gasteiger charge is -2.34. The first-order valence-corrected chi connectivity index (χ1v) is 8.63. The summed E-state index contributed by atoms with van der Waals surface area (Å²) in [4.78, 5) is 27.9. The van der Waals surface area contributed by atoms with E-state index in [2.05, 4.69) is 17.4 Å². The number of hydrogen-bond acceptors (Lipinski definition) is 3. The van der Waals surface area contributed by atoms with Crippen LogP contribution in [0.25, 0.3) is 0 Å². The normalized spacial score (nSPS) is 14.4. The van der Waals surface area contributed by atoms with Gasteiger partial charge in [0.1, 0.15) is 0 Å². The minimum atomic E-state index is -0.118. The van der Waals surface area contributed by atoms with Crippen LogP contribution in [0.4, 0.5) is 4.79 Å². The third-order valence-corrected chi connectivity index (χ3v) is 4.35. The van der Waals surface area contributed by atoms with Crippen molar-refractivity contribution in [2.45, 2.75) is 12.8 Å². The second-order valence-corrected chi connectivity index (χ2v) is 6.08. The third-order valence-electron chi connectivity index (χ3n) is 4.35. The molecule has 0 spiro atoms. The van der Waals surface area contributed by atoms with E-state index < -0.39 is 0 Å². The van der Waals surface area contributed by atoms with Crippen molar-refractivity contribution in [1.29, 1.82) is 0 Å². The molecule has 0 bridgehead atoms. The summed E-state index contributed by atoms with van der Waals surface area (Å²) in [6, 6.07) is 13.5. The molecule has 1 aromatic carbocycles. The van der Waals surface area contributed by atoms with E-state index >= 15 is 0 Å². The van der Waals surface area contributed by atoms with Gasteiger partial charge in [-0.15, -0.1) is 0 Å². The van der Waals surface area contributed by atoms with Crippen molar-refractivity contribution < 1.29 is 14.0 Å². The minimum absolute atomic E-state index is 0.0573. The number of nitrogens with zero attached hydrogens (tertiary/aromatic N) is 2. The van der Waals surface area contributed by atoms with E-state index in [1.165, 1.54) is 11.8 Å². The molecule has 2 heterocycles. The summed E-state index contributed by atoms with van der Waals surface area (Å²) in [5.74, 6) is 0.228. The van der Waals surface area contributed by atoms with Crippen LogP contribution in [-0.4, -0.2) is 54.5 Å². The number of furan rings is 1. The summed E-state index contributed by atoms with van der Waals surface area (Å²) in [5.41, 5.74) is 1.28. The largest absolute Gasteiger partial charge is 0.459 e. The van der Waals surface area contributed by atoms with Gasteiger partial charge >= 0.3 is 6.03 Å². The Balaban J connectivity index is 1.36. The average molecular weight is 341 g/mol. The summed E-state index contributed by atoms with van der Waals surface area (Å²) < 4.78 is 5.14. The van der Waals surface area contributed by atoms with Gasteiger partial charge < -0.3 is 19.5 Å². The first kappa shape index (κ1) is 17.1. The van der Waals surface area contributed by atoms with Gasteiger partial charge in [-0.05, 0) is 30.5 Å². The van der Waals surface area contributed by atoms with Gasteiger partial charge in [-0.25, -0.2) is 4.79 Å². The molecule has 1 aliphatic rings. The number of hydrogen-bond donors (Lipinski definition) is 1. The Bertz CT molecular complexity index is 677. The highest BCUT2D eigenvalue weighted by Gasteiger charge is 2.25. The topological polar surface area (TPSA) is 65.8 Å². The molecule has 132 valence electrons. The summed E-state index contributed by atoms with van der Waals surface area (Å²) in [5, 5.41) is 2.96. The van der Waals surface area contributed by atoms with Crippen molar-refractivity contribution in [2.24, 2.45) is 0 Å². The number of carbonyl (C=O) groups is 2. The highest BCUT2D eigenvalue weighted by Crippen LogP contribution is 2.09. The van der Waals surface area contributed by atoms with Crippen LogP contribution < -0.4 is 5.32 Å². The lowest BCUT2D eigenvalue weighted by Crippen LogP contribution is -2.53. The first-order valence-electron chi connectivity index (χ1n) is 8.63. The molecule has 25 heavy (non-hydrogen) atoms. The van der Waals surface area contributed by atoms with Gasteiger partial charge in [0, 0.05) is 32.7 Å². The molecule has 1 aromatic heterocycles. The molecule has 6 nitrogen and oxygen atoms in total. The maximum absolute atomic E-state index is 12.2. The summed E-state index contributed by atoms with van der Waals surface area (Å²) in [7, 11) is 0. The number of carbonyl (C=O) groups excluding carboxylic acids is 2. The highest BCUT2D eigenvalue weighted by atomic mass is 16.3. The SMILES string of the molecule is O=C(NCCCc1ccccc1)N1CCN(C(=O)c2ccco2)CC1. The van der Waals surface area contributed by atoms with E-state index in [1.807, 2.05) is 18.2 Å². The van der Waals surface area contributed by atoms with Gasteiger partial charge in [0.25, 0.3) is 5.91 Å². The van der Waals surface area contributed by atoms with Gasteiger partial charge in [0.2, 0.25) is 0 Å². The van der Waals surface area contributed by atoms with Crippen molar-refractivity contribution >= 4 is 11.9 Å². The maximum atomic E-state index is 12.2. The van der Waals surface area contributed by atoms with Crippen molar-refractivity contribution in [3.8, 4) is 0 Å². The van der Waals surface area contributed by atoms with E-state index in [9.17, 15) is 9.59 Å². The number of piperazine rings is 1. The molecule has 0 aliphatic carbocycles. The standard InChI is InChI=1S/C19H23N3O3/c23-18(17-9-5-15-25-17)21-11-13-22(14-12-21)19(24)20-10-4-8-16-6-2-1-3-7-16/h1-3,5-7,9,15H,4,8,10-14H2,(H,20,24). The quantitative estimate of drug-likeness (QED) is 0.849. The van der Waals surface area contributed by atoms with Gasteiger partial charge in [-0.1, -0.05) is 30.3 Å². The van der Waals surface area contributed by atoms with Crippen LogP contribution in [0.1, 0.15) is 22.5 Å². The summed E-state index contributed by atoms with van der Waals surface area (Å²) in [6.45, 7) is 2.78. The van der Waals surface area contributed by atoms with Crippen molar-refractivity contribution in [3.05, 3.63) is 60.1 Å². The number of urea groups is 1. The molecular weight excluding hydrogens is 318 g/mol. The van der Waals surface area contributed by atoms with Crippen molar-refractivity contribution in [2.75, 3.05) is 32.7 Å². The molecule has 1 saturated heterocycles. The van der Waals surface area contributed by atoms with Crippen LogP contribution in [0.3, 0.4) is 0 Å². The Morgan fingerprint density at radius 3 is 2.36 bits per heavy atom. The van der Waals surface area contributed by atoms with E-state index in [-0.39, 0.29) is 11.9 Å². The average Bonchev–Trinajstić information content (AvgIpc) is 3.20. The van der Waals surface area contributed by atoms with Crippen LogP contribution in [0.2, 0.25) is 0 Å². The molecule has 1 fully saturated rings. The molecule has 0 unspecified atom stereocenters. The zero-order chi connectivity index (χ0) is 17.5. The van der Waals surface area contributed by atoms with E-state index in [0.29, 0.717) is 38.5 Å². The zero-order valence-corrected chi connectivity index (χ0v) is 14.2. The predicted molar refractivity (Wildman–Crippen MR) is 94.3 cm³/mol. The Morgan fingerprint density at radius 2 is 1.68 bits per heavy atom. The Morgan fingerprint density at radius 1 is 0.960 bits per heavy atom. The monoisotopic (exact) mass is 341 g/mol. The molecule has 3 amide bonds. The Hall–Kier alpha value is -2.76. The minimum Gasteiger partial charge on any atom is -0.459 e. The molecule has 3 rings (SSSR count). The number of amides is 3. The third kappa shape index (κ3) is 4.62. The summed E-state index contributed by atoms with van der Waals surface area (Å²) in [6.07, 6.45) is 3.35. The van der Waals surface area contributed by atoms with E-state index in [4.69, 9.17) is 4.42 Å². The lowest BCUT2D eigenvalue weighted by molar-refractivity contribution is 0.0634. The fourth-order valence-electron chi connectivity index (χ4n) is 2.91. The van der Waals surface area contributed by atoms with Crippen LogP contribution in [0.15, 0.2) is 53.1 Å². The summed E-state index contributed by atoms with van der Waals surface area (Å²) >= 11 is 0. The molecule has 6 heteroatoms. The molecule has 1 aliphatic heterocycles. The lowest BCUT2D eigenvalue weighted by atomic mass is 10.1. The van der Waals surface area contributed by atoms with Crippen LogP contribution in [0.5, 0.6) is 0 Å². The molecule has 0 radical (unpaired) electrons. The van der Waals surface area contributed by atoms with Gasteiger partial charge in [0.05, 0.1) is 6.26 Å². The first-order chi connectivity index (χ1) is 12.2. The van der Waals surface area contributed by atoms with E-state index in [0.717, 1.165) is 12.8 Å². The second-order valence-electron chi connectivity index (χ2n) is 6.08. The molecular formula is C19H23N3O3. The molecule has 1 N–H and O–H groups in total. The molecule has 0 atom stereocenters. The van der Waals surface area contributed by atoms with Crippen molar-refractivity contribution in [1.82, 2.24) is 15.1 Å². The van der Waals surface area contributed by atoms with Gasteiger partial charge in [0.15, 0.2) is 5.76 Å². The van der Waals surface area contributed by atoms with Crippen molar-refractivity contribution in [3.63, 3.8) is 0 Å². The highest BCUT2D eigenvalue weighted by molar-refractivity contribution is 5.91. The van der Waals surface area contributed by atoms with Crippen LogP contribution in [0, 0.1) is 0 Å². The predicted octanol–water partition coefficient (Wildman–Crippen LogP) is 2.38. The number of aryl methyl sites for hydroxylation is 1. The van der Waals surface area contributed by atoms with E-state index in [1.54, 1.807) is 21.9 Å². The fraction of sp³-hybridized carbons (Fsp3) is 0.368. The van der Waals surface area contributed by atoms with Gasteiger partial charge in [-0.3, -0.25) is 4.79 Å².